The van der Waals surface area contributed by atoms with E-state index in [2.05, 4.69) is 51.3 Å². The highest BCUT2D eigenvalue weighted by molar-refractivity contribution is 7.16. The number of fused-ring (bicyclic) bond motifs is 2. The van der Waals surface area contributed by atoms with Crippen LogP contribution < -0.4 is 0 Å². The number of nitrogens with zero attached hydrogens (tertiary/aromatic N) is 13. The van der Waals surface area contributed by atoms with Gasteiger partial charge in [-0.15, -0.1) is 11.3 Å². The Bertz CT molecular complexity index is 1650. The molecule has 0 amide bonds. The lowest BCUT2D eigenvalue weighted by atomic mass is 10.3. The van der Waals surface area contributed by atoms with Crippen LogP contribution in [0.15, 0.2) is 103 Å². The van der Waals surface area contributed by atoms with Crippen molar-refractivity contribution >= 4 is 32.7 Å². The molecule has 0 bridgehead atoms. The second kappa shape index (κ2) is 18.2. The molecular formula is C30H37N13OS. The van der Waals surface area contributed by atoms with Crippen LogP contribution in [0.2, 0.25) is 0 Å². The summed E-state index contributed by atoms with van der Waals surface area (Å²) in [5, 5.41) is 11.4. The predicted octanol–water partition coefficient (Wildman–Crippen LogP) is 4.91. The Labute approximate surface area is 265 Å². The lowest BCUT2D eigenvalue weighted by Crippen LogP contribution is -1.91. The van der Waals surface area contributed by atoms with Crippen LogP contribution in [0.5, 0.6) is 0 Å². The van der Waals surface area contributed by atoms with E-state index in [1.807, 2.05) is 108 Å². The highest BCUT2D eigenvalue weighted by atomic mass is 32.1. The van der Waals surface area contributed by atoms with Gasteiger partial charge in [-0.1, -0.05) is 24.3 Å². The number of rotatable bonds is 0. The summed E-state index contributed by atoms with van der Waals surface area (Å²) in [7, 11) is 7.53. The highest BCUT2D eigenvalue weighted by Crippen LogP contribution is 2.15. The first-order valence-corrected chi connectivity index (χ1v) is 14.5. The Morgan fingerprint density at radius 3 is 1.69 bits per heavy atom. The molecule has 0 saturated carbocycles. The van der Waals surface area contributed by atoms with Gasteiger partial charge in [0.1, 0.15) is 42.5 Å². The van der Waals surface area contributed by atoms with E-state index >= 15 is 0 Å². The molecule has 0 aliphatic rings. The largest absolute Gasteiger partial charge is 0.443 e. The fraction of sp³-hybridized carbons (Fsp3) is 0.233. The average Bonchev–Trinajstić information content (AvgIpc) is 3.90. The summed E-state index contributed by atoms with van der Waals surface area (Å²) < 4.78 is 13.3. The van der Waals surface area contributed by atoms with Crippen molar-refractivity contribution in [3.05, 3.63) is 116 Å². The Hall–Kier alpha value is -5.57. The number of aromatic nitrogens is 13. The van der Waals surface area contributed by atoms with Crippen molar-refractivity contribution in [1.82, 2.24) is 63.8 Å². The predicted molar refractivity (Wildman–Crippen MR) is 174 cm³/mol. The first-order valence-electron chi connectivity index (χ1n) is 13.6. The van der Waals surface area contributed by atoms with Crippen LogP contribution in [0.25, 0.3) is 21.3 Å². The molecule has 0 aliphatic heterocycles. The van der Waals surface area contributed by atoms with Crippen LogP contribution in [0.3, 0.4) is 0 Å². The van der Waals surface area contributed by atoms with Crippen molar-refractivity contribution < 1.29 is 4.42 Å². The zero-order chi connectivity index (χ0) is 32.4. The normalized spacial score (nSPS) is 9.67. The molecule has 0 fully saturated rings. The maximum Gasteiger partial charge on any atom is 0.181 e. The first-order chi connectivity index (χ1) is 21.7. The van der Waals surface area contributed by atoms with Gasteiger partial charge in [0.2, 0.25) is 0 Å². The number of para-hydroxylation sites is 3. The zero-order valence-corrected chi connectivity index (χ0v) is 27.2. The third-order valence-corrected chi connectivity index (χ3v) is 6.75. The molecule has 0 unspecified atom stereocenters. The number of thiazole rings is 1. The summed E-state index contributed by atoms with van der Waals surface area (Å²) in [5.41, 5.74) is 5.92. The van der Waals surface area contributed by atoms with Gasteiger partial charge in [0.25, 0.3) is 0 Å². The van der Waals surface area contributed by atoms with Crippen LogP contribution in [0.4, 0.5) is 0 Å². The van der Waals surface area contributed by atoms with Gasteiger partial charge >= 0.3 is 0 Å². The molecule has 8 aromatic rings. The summed E-state index contributed by atoms with van der Waals surface area (Å²) in [4.78, 5) is 23.4. The van der Waals surface area contributed by atoms with Crippen LogP contribution in [0.1, 0.15) is 17.3 Å². The Morgan fingerprint density at radius 2 is 1.29 bits per heavy atom. The van der Waals surface area contributed by atoms with E-state index in [0.29, 0.717) is 0 Å². The number of hydrogen-bond donors (Lipinski definition) is 0. The fourth-order valence-electron chi connectivity index (χ4n) is 3.01. The molecule has 0 N–H and O–H groups in total. The summed E-state index contributed by atoms with van der Waals surface area (Å²) >= 11 is 1.68. The van der Waals surface area contributed by atoms with Gasteiger partial charge in [-0.2, -0.15) is 15.3 Å². The Morgan fingerprint density at radius 1 is 0.644 bits per heavy atom. The van der Waals surface area contributed by atoms with Gasteiger partial charge in [0.05, 0.1) is 22.1 Å². The van der Waals surface area contributed by atoms with E-state index in [9.17, 15) is 0 Å². The second-order valence-corrected chi connectivity index (χ2v) is 10.1. The third-order valence-electron chi connectivity index (χ3n) is 5.94. The van der Waals surface area contributed by atoms with Gasteiger partial charge in [-0.3, -0.25) is 14.0 Å². The van der Waals surface area contributed by atoms with Crippen molar-refractivity contribution in [2.75, 3.05) is 0 Å². The summed E-state index contributed by atoms with van der Waals surface area (Å²) in [6.45, 7) is 5.84. The lowest BCUT2D eigenvalue weighted by molar-refractivity contribution is 0.602. The number of hydrogen-bond acceptors (Lipinski definition) is 11. The van der Waals surface area contributed by atoms with Gasteiger partial charge in [-0.25, -0.2) is 29.9 Å². The minimum atomic E-state index is 0.845. The van der Waals surface area contributed by atoms with E-state index in [-0.39, 0.29) is 0 Å². The molecule has 0 atom stereocenters. The maximum absolute atomic E-state index is 5.01. The molecule has 8 rings (SSSR count). The first kappa shape index (κ1) is 33.9. The molecule has 0 saturated heterocycles. The topological polar surface area (TPSA) is 149 Å². The summed E-state index contributed by atoms with van der Waals surface area (Å²) in [5.74, 6) is 1.89. The van der Waals surface area contributed by atoms with Crippen LogP contribution in [0, 0.1) is 20.8 Å². The minimum absolute atomic E-state index is 0.845. The van der Waals surface area contributed by atoms with Crippen molar-refractivity contribution in [2.24, 2.45) is 28.2 Å². The maximum atomic E-state index is 5.01. The summed E-state index contributed by atoms with van der Waals surface area (Å²) in [6.07, 6.45) is 11.3. The molecule has 14 nitrogen and oxygen atoms in total. The number of aryl methyl sites for hydroxylation is 7. The lowest BCUT2D eigenvalue weighted by Gasteiger charge is -1.87. The molecule has 45 heavy (non-hydrogen) atoms. The molecule has 0 aliphatic carbocycles. The molecular weight excluding hydrogens is 590 g/mol. The van der Waals surface area contributed by atoms with Crippen LogP contribution in [-0.2, 0) is 28.2 Å². The average molecular weight is 628 g/mol. The molecule has 2 aromatic carbocycles. The Kier molecular flexibility index (Phi) is 13.7. The van der Waals surface area contributed by atoms with E-state index in [1.54, 1.807) is 38.0 Å². The van der Waals surface area contributed by atoms with Gasteiger partial charge in [0, 0.05) is 40.1 Å². The second-order valence-electron chi connectivity index (χ2n) is 9.22. The van der Waals surface area contributed by atoms with Crippen molar-refractivity contribution in [3.8, 4) is 0 Å². The molecule has 234 valence electrons. The van der Waals surface area contributed by atoms with Crippen LogP contribution in [-0.4, -0.2) is 63.8 Å². The molecule has 6 heterocycles. The van der Waals surface area contributed by atoms with Crippen molar-refractivity contribution in [1.29, 1.82) is 0 Å². The number of benzene rings is 2. The van der Waals surface area contributed by atoms with Crippen LogP contribution >= 0.6 is 11.3 Å². The Balaban J connectivity index is 0.000000148. The van der Waals surface area contributed by atoms with Gasteiger partial charge in [-0.05, 0) is 45.0 Å². The molecule has 0 radical (unpaired) electrons. The highest BCUT2D eigenvalue weighted by Gasteiger charge is 1.92. The van der Waals surface area contributed by atoms with Crippen molar-refractivity contribution in [3.63, 3.8) is 0 Å². The van der Waals surface area contributed by atoms with E-state index in [1.165, 1.54) is 35.8 Å². The summed E-state index contributed by atoms with van der Waals surface area (Å²) in [6, 6.07) is 15.8. The number of imidazole rings is 1. The monoisotopic (exact) mass is 627 g/mol. The van der Waals surface area contributed by atoms with Gasteiger partial charge in [0.15, 0.2) is 12.0 Å². The SMILES string of the molecule is Cc1cncn1C.Cc1ncnn1C.Cc1ncnn1C.Cn1cncn1.c1ccc2ocnc2c1.c1ccc2scnc2c1. The van der Waals surface area contributed by atoms with E-state index in [4.69, 9.17) is 4.42 Å². The molecule has 6 aromatic heterocycles. The minimum Gasteiger partial charge on any atom is -0.443 e. The molecule has 15 heteroatoms. The smallest absolute Gasteiger partial charge is 0.181 e. The molecule has 0 spiro atoms. The fourth-order valence-corrected chi connectivity index (χ4v) is 3.68. The third kappa shape index (κ3) is 11.9. The van der Waals surface area contributed by atoms with Crippen molar-refractivity contribution in [2.45, 2.75) is 20.8 Å². The van der Waals surface area contributed by atoms with Gasteiger partial charge < -0.3 is 8.98 Å². The van der Waals surface area contributed by atoms with E-state index in [0.717, 1.165) is 28.3 Å². The quantitative estimate of drug-likeness (QED) is 0.227. The standard InChI is InChI=1S/C7H5NO.C7H5NS.C5H8N2.2C4H7N3.C3H5N3/c2*1-2-4-7-6(3-1)8-5-9-7;1-5-3-6-4-7(5)2;2*1-4-5-3-6-7(4)2;1-6-3-4-2-5-6/h2*1-5H;3-4H,1-2H3;2*3H,1-2H3;2-3H,1H3. The zero-order valence-electron chi connectivity index (χ0n) is 26.4. The number of oxazole rings is 1. The van der Waals surface area contributed by atoms with E-state index < -0.39 is 0 Å².